The number of hydrogen-bond donors (Lipinski definition) is 1. The smallest absolute Gasteiger partial charge is 0.108 e. The van der Waals surface area contributed by atoms with Crippen molar-refractivity contribution in [2.75, 3.05) is 13.2 Å². The van der Waals surface area contributed by atoms with Crippen molar-refractivity contribution in [1.29, 1.82) is 0 Å². The SMILES string of the molecule is C=CC[C@@]1(CCO)C[C@H](OCc2ccccc2)[C@@H](COCc2ccccc2)O1. The molecule has 4 nitrogen and oxygen atoms in total. The highest BCUT2D eigenvalue weighted by Crippen LogP contribution is 2.38. The van der Waals surface area contributed by atoms with Crippen molar-refractivity contribution in [3.05, 3.63) is 84.4 Å². The second kappa shape index (κ2) is 10.5. The van der Waals surface area contributed by atoms with E-state index in [1.54, 1.807) is 0 Å². The second-order valence-electron chi connectivity index (χ2n) is 7.35. The molecule has 0 aliphatic carbocycles. The average Bonchev–Trinajstić information content (AvgIpc) is 3.06. The van der Waals surface area contributed by atoms with Gasteiger partial charge in [-0.1, -0.05) is 66.7 Å². The number of hydrogen-bond acceptors (Lipinski definition) is 4. The van der Waals surface area contributed by atoms with Crippen LogP contribution in [0.3, 0.4) is 0 Å². The summed E-state index contributed by atoms with van der Waals surface area (Å²) in [5.41, 5.74) is 1.84. The van der Waals surface area contributed by atoms with E-state index in [0.29, 0.717) is 32.7 Å². The lowest BCUT2D eigenvalue weighted by Crippen LogP contribution is -2.31. The summed E-state index contributed by atoms with van der Waals surface area (Å²) >= 11 is 0. The lowest BCUT2D eigenvalue weighted by atomic mass is 9.91. The van der Waals surface area contributed by atoms with Gasteiger partial charge in [0.25, 0.3) is 0 Å². The Hall–Kier alpha value is -1.98. The van der Waals surface area contributed by atoms with Crippen LogP contribution in [-0.4, -0.2) is 36.1 Å². The first-order valence-electron chi connectivity index (χ1n) is 9.91. The van der Waals surface area contributed by atoms with Crippen LogP contribution in [0.25, 0.3) is 0 Å². The third kappa shape index (κ3) is 5.76. The van der Waals surface area contributed by atoms with Crippen LogP contribution in [0, 0.1) is 0 Å². The highest BCUT2D eigenvalue weighted by atomic mass is 16.6. The van der Waals surface area contributed by atoms with Gasteiger partial charge in [-0.25, -0.2) is 0 Å². The van der Waals surface area contributed by atoms with Gasteiger partial charge in [-0.2, -0.15) is 0 Å². The molecule has 3 rings (SSSR count). The zero-order chi connectivity index (χ0) is 19.7. The maximum Gasteiger partial charge on any atom is 0.108 e. The second-order valence-corrected chi connectivity index (χ2v) is 7.35. The normalized spacial score (nSPS) is 24.3. The number of aliphatic hydroxyl groups excluding tert-OH is 1. The van der Waals surface area contributed by atoms with E-state index in [1.165, 1.54) is 0 Å². The molecule has 1 aliphatic heterocycles. The molecule has 1 fully saturated rings. The first-order chi connectivity index (χ1) is 13.7. The molecule has 0 radical (unpaired) electrons. The molecule has 1 aliphatic rings. The van der Waals surface area contributed by atoms with Crippen LogP contribution in [0.4, 0.5) is 0 Å². The summed E-state index contributed by atoms with van der Waals surface area (Å²) < 4.78 is 18.6. The van der Waals surface area contributed by atoms with Crippen LogP contribution in [0.1, 0.15) is 30.4 Å². The molecule has 0 unspecified atom stereocenters. The number of benzene rings is 2. The van der Waals surface area contributed by atoms with E-state index in [0.717, 1.165) is 17.5 Å². The van der Waals surface area contributed by atoms with E-state index in [-0.39, 0.29) is 18.8 Å². The fraction of sp³-hybridized carbons (Fsp3) is 0.417. The van der Waals surface area contributed by atoms with Crippen LogP contribution in [0.5, 0.6) is 0 Å². The number of aliphatic hydroxyl groups is 1. The Labute approximate surface area is 167 Å². The van der Waals surface area contributed by atoms with E-state index in [9.17, 15) is 5.11 Å². The Morgan fingerprint density at radius 1 is 1.04 bits per heavy atom. The summed E-state index contributed by atoms with van der Waals surface area (Å²) in [6.45, 7) is 5.48. The maximum atomic E-state index is 9.54. The van der Waals surface area contributed by atoms with E-state index in [2.05, 4.69) is 18.7 Å². The highest BCUT2D eigenvalue weighted by molar-refractivity contribution is 5.14. The lowest BCUT2D eigenvalue weighted by molar-refractivity contribution is -0.103. The first-order valence-corrected chi connectivity index (χ1v) is 9.91. The third-order valence-corrected chi connectivity index (χ3v) is 5.17. The van der Waals surface area contributed by atoms with Gasteiger partial charge in [-0.15, -0.1) is 6.58 Å². The Morgan fingerprint density at radius 2 is 1.68 bits per heavy atom. The molecule has 3 atom stereocenters. The Bertz CT molecular complexity index is 703. The van der Waals surface area contributed by atoms with Gasteiger partial charge < -0.3 is 19.3 Å². The minimum atomic E-state index is -0.432. The highest BCUT2D eigenvalue weighted by Gasteiger charge is 2.46. The predicted octanol–water partition coefficient (Wildman–Crippen LogP) is 4.27. The summed E-state index contributed by atoms with van der Waals surface area (Å²) in [4.78, 5) is 0. The van der Waals surface area contributed by atoms with Crippen molar-refractivity contribution in [3.8, 4) is 0 Å². The molecule has 28 heavy (non-hydrogen) atoms. The summed E-state index contributed by atoms with van der Waals surface area (Å²) in [7, 11) is 0. The van der Waals surface area contributed by atoms with Gasteiger partial charge in [0, 0.05) is 13.0 Å². The third-order valence-electron chi connectivity index (χ3n) is 5.17. The monoisotopic (exact) mass is 382 g/mol. The Balaban J connectivity index is 1.62. The zero-order valence-electron chi connectivity index (χ0n) is 16.3. The van der Waals surface area contributed by atoms with Crippen molar-refractivity contribution in [3.63, 3.8) is 0 Å². The van der Waals surface area contributed by atoms with Crippen LogP contribution in [0.15, 0.2) is 73.3 Å². The van der Waals surface area contributed by atoms with Crippen molar-refractivity contribution in [1.82, 2.24) is 0 Å². The Kier molecular flexibility index (Phi) is 7.80. The van der Waals surface area contributed by atoms with Gasteiger partial charge in [0.05, 0.1) is 31.5 Å². The molecule has 4 heteroatoms. The maximum absolute atomic E-state index is 9.54. The molecule has 1 heterocycles. The lowest BCUT2D eigenvalue weighted by Gasteiger charge is -2.27. The summed E-state index contributed by atoms with van der Waals surface area (Å²) in [6, 6.07) is 20.2. The fourth-order valence-electron chi connectivity index (χ4n) is 3.76. The molecule has 0 amide bonds. The van der Waals surface area contributed by atoms with Crippen molar-refractivity contribution >= 4 is 0 Å². The van der Waals surface area contributed by atoms with Crippen molar-refractivity contribution < 1.29 is 19.3 Å². The molecular weight excluding hydrogens is 352 g/mol. The number of rotatable bonds is 11. The van der Waals surface area contributed by atoms with Crippen LogP contribution in [0.2, 0.25) is 0 Å². The fourth-order valence-corrected chi connectivity index (χ4v) is 3.76. The van der Waals surface area contributed by atoms with Gasteiger partial charge >= 0.3 is 0 Å². The van der Waals surface area contributed by atoms with Crippen LogP contribution in [-0.2, 0) is 27.4 Å². The molecule has 2 aromatic rings. The molecular formula is C24H30O4. The Morgan fingerprint density at radius 3 is 2.29 bits per heavy atom. The summed E-state index contributed by atoms with van der Waals surface area (Å²) in [6.07, 6.45) is 3.59. The summed E-state index contributed by atoms with van der Waals surface area (Å²) in [5.74, 6) is 0. The zero-order valence-corrected chi connectivity index (χ0v) is 16.3. The van der Waals surface area contributed by atoms with E-state index in [4.69, 9.17) is 14.2 Å². The van der Waals surface area contributed by atoms with Gasteiger partial charge in [0.1, 0.15) is 6.10 Å². The minimum absolute atomic E-state index is 0.0802. The van der Waals surface area contributed by atoms with E-state index < -0.39 is 5.60 Å². The largest absolute Gasteiger partial charge is 0.396 e. The number of ether oxygens (including phenoxy) is 3. The van der Waals surface area contributed by atoms with Crippen molar-refractivity contribution in [2.24, 2.45) is 0 Å². The van der Waals surface area contributed by atoms with Crippen LogP contribution >= 0.6 is 0 Å². The first kappa shape index (κ1) is 20.7. The van der Waals surface area contributed by atoms with Crippen LogP contribution < -0.4 is 0 Å². The van der Waals surface area contributed by atoms with Gasteiger partial charge in [-0.05, 0) is 24.0 Å². The van der Waals surface area contributed by atoms with E-state index >= 15 is 0 Å². The molecule has 1 N–H and O–H groups in total. The average molecular weight is 383 g/mol. The van der Waals surface area contributed by atoms with Gasteiger partial charge in [0.15, 0.2) is 0 Å². The molecule has 150 valence electrons. The molecule has 0 aromatic heterocycles. The minimum Gasteiger partial charge on any atom is -0.396 e. The molecule has 1 saturated heterocycles. The van der Waals surface area contributed by atoms with E-state index in [1.807, 2.05) is 54.6 Å². The predicted molar refractivity (Wildman–Crippen MR) is 110 cm³/mol. The molecule has 2 aromatic carbocycles. The molecule has 0 bridgehead atoms. The quantitative estimate of drug-likeness (QED) is 0.590. The summed E-state index contributed by atoms with van der Waals surface area (Å²) in [5, 5.41) is 9.54. The standard InChI is InChI=1S/C24H30O4/c1-2-13-24(14-15-25)16-22(27-18-21-11-7-4-8-12-21)23(28-24)19-26-17-20-9-5-3-6-10-20/h2-12,22-23,25H,1,13-19H2/t22-,23+,24+/m0/s1. The van der Waals surface area contributed by atoms with Crippen molar-refractivity contribution in [2.45, 2.75) is 50.3 Å². The molecule has 0 spiro atoms. The topological polar surface area (TPSA) is 47.9 Å². The molecule has 0 saturated carbocycles. The van der Waals surface area contributed by atoms with Gasteiger partial charge in [-0.3, -0.25) is 0 Å². The van der Waals surface area contributed by atoms with Gasteiger partial charge in [0.2, 0.25) is 0 Å².